The van der Waals surface area contributed by atoms with Crippen LogP contribution in [-0.4, -0.2) is 34.9 Å². The van der Waals surface area contributed by atoms with Crippen LogP contribution in [0, 0.1) is 0 Å². The molecular weight excluding hydrogens is 216 g/mol. The van der Waals surface area contributed by atoms with Gasteiger partial charge in [-0.2, -0.15) is 0 Å². The minimum absolute atomic E-state index is 0.130. The first-order chi connectivity index (χ1) is 8.18. The summed E-state index contributed by atoms with van der Waals surface area (Å²) in [7, 11) is 0. The zero-order valence-electron chi connectivity index (χ0n) is 10.0. The summed E-state index contributed by atoms with van der Waals surface area (Å²) in [4.78, 5) is 17.9. The second-order valence-corrected chi connectivity index (χ2v) is 4.33. The van der Waals surface area contributed by atoms with Crippen LogP contribution in [0.3, 0.4) is 0 Å². The monoisotopic (exact) mass is 234 g/mol. The van der Waals surface area contributed by atoms with E-state index in [1.807, 2.05) is 17.9 Å². The summed E-state index contributed by atoms with van der Waals surface area (Å²) < 4.78 is 0. The number of amides is 1. The number of anilines is 2. The molecule has 0 aliphatic carbocycles. The van der Waals surface area contributed by atoms with Gasteiger partial charge in [-0.25, -0.2) is 4.98 Å². The van der Waals surface area contributed by atoms with E-state index in [0.717, 1.165) is 25.9 Å². The smallest absolute Gasteiger partial charge is 0.244 e. The predicted molar refractivity (Wildman–Crippen MR) is 67.5 cm³/mol. The highest BCUT2D eigenvalue weighted by atomic mass is 16.2. The zero-order chi connectivity index (χ0) is 12.3. The topological polar surface area (TPSA) is 71.2 Å². The highest BCUT2D eigenvalue weighted by molar-refractivity contribution is 5.85. The lowest BCUT2D eigenvalue weighted by Crippen LogP contribution is -2.39. The molecule has 1 saturated heterocycles. The summed E-state index contributed by atoms with van der Waals surface area (Å²) in [5.74, 6) is 0.555. The maximum atomic E-state index is 12.1. The number of hydrogen-bond acceptors (Lipinski definition) is 4. The SMILES string of the molecule is CC(Nc1cccnc1N)C(=O)N1CCCC1. The molecule has 5 nitrogen and oxygen atoms in total. The molecule has 1 atom stereocenters. The molecule has 1 fully saturated rings. The van der Waals surface area contributed by atoms with Gasteiger partial charge in [-0.15, -0.1) is 0 Å². The van der Waals surface area contributed by atoms with E-state index in [2.05, 4.69) is 10.3 Å². The maximum Gasteiger partial charge on any atom is 0.244 e. The van der Waals surface area contributed by atoms with Crippen LogP contribution in [0.4, 0.5) is 11.5 Å². The zero-order valence-corrected chi connectivity index (χ0v) is 10.0. The second kappa shape index (κ2) is 5.03. The van der Waals surface area contributed by atoms with Crippen LogP contribution >= 0.6 is 0 Å². The Labute approximate surface area is 101 Å². The van der Waals surface area contributed by atoms with Gasteiger partial charge in [0.1, 0.15) is 11.9 Å². The maximum absolute atomic E-state index is 12.1. The Bertz CT molecular complexity index is 401. The third kappa shape index (κ3) is 2.67. The molecule has 2 heterocycles. The summed E-state index contributed by atoms with van der Waals surface area (Å²) in [6.07, 6.45) is 3.84. The van der Waals surface area contributed by atoms with Gasteiger partial charge < -0.3 is 16.0 Å². The number of likely N-dealkylation sites (tertiary alicyclic amines) is 1. The molecule has 92 valence electrons. The molecule has 1 aromatic rings. The van der Waals surface area contributed by atoms with E-state index in [1.54, 1.807) is 12.3 Å². The van der Waals surface area contributed by atoms with E-state index in [-0.39, 0.29) is 11.9 Å². The van der Waals surface area contributed by atoms with Crippen molar-refractivity contribution in [3.8, 4) is 0 Å². The van der Waals surface area contributed by atoms with Crippen LogP contribution in [-0.2, 0) is 4.79 Å². The van der Waals surface area contributed by atoms with Crippen molar-refractivity contribution in [2.75, 3.05) is 24.1 Å². The van der Waals surface area contributed by atoms with Crippen LogP contribution in [0.2, 0.25) is 0 Å². The van der Waals surface area contributed by atoms with Crippen molar-refractivity contribution in [1.29, 1.82) is 0 Å². The Morgan fingerprint density at radius 2 is 2.24 bits per heavy atom. The third-order valence-corrected chi connectivity index (χ3v) is 3.00. The Balaban J connectivity index is 1.99. The lowest BCUT2D eigenvalue weighted by atomic mass is 10.2. The fourth-order valence-electron chi connectivity index (χ4n) is 2.05. The average Bonchev–Trinajstić information content (AvgIpc) is 2.84. The fourth-order valence-corrected chi connectivity index (χ4v) is 2.05. The number of carbonyl (C=O) groups excluding carboxylic acids is 1. The Kier molecular flexibility index (Phi) is 3.46. The van der Waals surface area contributed by atoms with Crippen LogP contribution < -0.4 is 11.1 Å². The Hall–Kier alpha value is -1.78. The lowest BCUT2D eigenvalue weighted by Gasteiger charge is -2.22. The van der Waals surface area contributed by atoms with E-state index < -0.39 is 0 Å². The molecule has 0 saturated carbocycles. The molecule has 2 rings (SSSR count). The Morgan fingerprint density at radius 3 is 2.88 bits per heavy atom. The van der Waals surface area contributed by atoms with Gasteiger partial charge in [0.2, 0.25) is 5.91 Å². The van der Waals surface area contributed by atoms with Crippen LogP contribution in [0.15, 0.2) is 18.3 Å². The molecule has 17 heavy (non-hydrogen) atoms. The average molecular weight is 234 g/mol. The minimum Gasteiger partial charge on any atom is -0.382 e. The fraction of sp³-hybridized carbons (Fsp3) is 0.500. The summed E-state index contributed by atoms with van der Waals surface area (Å²) >= 11 is 0. The van der Waals surface area contributed by atoms with Gasteiger partial charge in [-0.1, -0.05) is 0 Å². The molecule has 5 heteroatoms. The summed E-state index contributed by atoms with van der Waals surface area (Å²) in [5, 5.41) is 3.11. The van der Waals surface area contributed by atoms with Gasteiger partial charge in [-0.05, 0) is 31.9 Å². The highest BCUT2D eigenvalue weighted by Gasteiger charge is 2.23. The second-order valence-electron chi connectivity index (χ2n) is 4.33. The van der Waals surface area contributed by atoms with E-state index >= 15 is 0 Å². The molecule has 0 aromatic carbocycles. The largest absolute Gasteiger partial charge is 0.382 e. The normalized spacial score (nSPS) is 16.9. The molecule has 1 amide bonds. The summed E-state index contributed by atoms with van der Waals surface area (Å²) in [6, 6.07) is 3.36. The van der Waals surface area contributed by atoms with Crippen molar-refractivity contribution < 1.29 is 4.79 Å². The lowest BCUT2D eigenvalue weighted by molar-refractivity contribution is -0.130. The highest BCUT2D eigenvalue weighted by Crippen LogP contribution is 2.16. The first kappa shape index (κ1) is 11.7. The van der Waals surface area contributed by atoms with E-state index in [4.69, 9.17) is 5.73 Å². The van der Waals surface area contributed by atoms with Crippen LogP contribution in [0.1, 0.15) is 19.8 Å². The number of rotatable bonds is 3. The first-order valence-corrected chi connectivity index (χ1v) is 5.94. The number of nitrogens with one attached hydrogen (secondary N) is 1. The number of hydrogen-bond donors (Lipinski definition) is 2. The summed E-state index contributed by atoms with van der Waals surface area (Å²) in [6.45, 7) is 3.59. The van der Waals surface area contributed by atoms with Crippen molar-refractivity contribution >= 4 is 17.4 Å². The molecule has 0 radical (unpaired) electrons. The third-order valence-electron chi connectivity index (χ3n) is 3.00. The molecule has 1 aliphatic heterocycles. The van der Waals surface area contributed by atoms with Crippen molar-refractivity contribution in [2.24, 2.45) is 0 Å². The molecule has 0 bridgehead atoms. The predicted octanol–water partition coefficient (Wildman–Crippen LogP) is 1.09. The van der Waals surface area contributed by atoms with Crippen LogP contribution in [0.5, 0.6) is 0 Å². The molecule has 0 spiro atoms. The number of nitrogens with zero attached hydrogens (tertiary/aromatic N) is 2. The number of nitrogen functional groups attached to an aromatic ring is 1. The number of nitrogens with two attached hydrogens (primary N) is 1. The first-order valence-electron chi connectivity index (χ1n) is 5.94. The number of carbonyl (C=O) groups is 1. The number of pyridine rings is 1. The van der Waals surface area contributed by atoms with Gasteiger partial charge >= 0.3 is 0 Å². The van der Waals surface area contributed by atoms with Crippen molar-refractivity contribution in [1.82, 2.24) is 9.88 Å². The van der Waals surface area contributed by atoms with Crippen molar-refractivity contribution in [3.63, 3.8) is 0 Å². The molecule has 3 N–H and O–H groups in total. The van der Waals surface area contributed by atoms with Gasteiger partial charge in [0, 0.05) is 19.3 Å². The van der Waals surface area contributed by atoms with Gasteiger partial charge in [0.15, 0.2) is 0 Å². The van der Waals surface area contributed by atoms with Crippen LogP contribution in [0.25, 0.3) is 0 Å². The summed E-state index contributed by atoms with van der Waals surface area (Å²) in [5.41, 5.74) is 6.44. The molecular formula is C12H18N4O. The van der Waals surface area contributed by atoms with E-state index in [0.29, 0.717) is 11.5 Å². The van der Waals surface area contributed by atoms with E-state index in [9.17, 15) is 4.79 Å². The van der Waals surface area contributed by atoms with Crippen molar-refractivity contribution in [3.05, 3.63) is 18.3 Å². The standard InChI is InChI=1S/C12H18N4O/c1-9(12(17)16-7-2-3-8-16)15-10-5-4-6-14-11(10)13/h4-6,9,15H,2-3,7-8H2,1H3,(H2,13,14). The Morgan fingerprint density at radius 1 is 1.53 bits per heavy atom. The number of aromatic nitrogens is 1. The van der Waals surface area contributed by atoms with Crippen molar-refractivity contribution in [2.45, 2.75) is 25.8 Å². The molecule has 1 aliphatic rings. The van der Waals surface area contributed by atoms with Gasteiger partial charge in [0.05, 0.1) is 5.69 Å². The minimum atomic E-state index is -0.264. The quantitative estimate of drug-likeness (QED) is 0.821. The van der Waals surface area contributed by atoms with Gasteiger partial charge in [0.25, 0.3) is 0 Å². The molecule has 1 unspecified atom stereocenters. The van der Waals surface area contributed by atoms with E-state index in [1.165, 1.54) is 0 Å². The van der Waals surface area contributed by atoms with Gasteiger partial charge in [-0.3, -0.25) is 4.79 Å². The molecule has 1 aromatic heterocycles.